The quantitative estimate of drug-likeness (QED) is 0.235. The van der Waals surface area contributed by atoms with Gasteiger partial charge in [0.2, 0.25) is 5.91 Å². The number of hydrogen-bond donors (Lipinski definition) is 4. The number of nitrogens with zero attached hydrogens (tertiary/aromatic N) is 4. The third-order valence-electron chi connectivity index (χ3n) is 5.26. The van der Waals surface area contributed by atoms with Crippen molar-refractivity contribution in [2.24, 2.45) is 5.73 Å². The van der Waals surface area contributed by atoms with Crippen molar-refractivity contribution in [3.8, 4) is 0 Å². The van der Waals surface area contributed by atoms with Gasteiger partial charge >= 0.3 is 17.9 Å². The highest BCUT2D eigenvalue weighted by atomic mass is 16.4. The molecule has 5 N–H and O–H groups in total. The van der Waals surface area contributed by atoms with E-state index in [1.807, 2.05) is 0 Å². The average Bonchev–Trinajstić information content (AvgIpc) is 2.68. The zero-order valence-corrected chi connectivity index (χ0v) is 18.1. The largest absolute Gasteiger partial charge is 0.480 e. The van der Waals surface area contributed by atoms with Crippen LogP contribution in [0, 0.1) is 0 Å². The van der Waals surface area contributed by atoms with Crippen LogP contribution < -0.4 is 5.73 Å². The molecule has 0 saturated carbocycles. The molecule has 0 aromatic carbocycles. The zero-order chi connectivity index (χ0) is 24.1. The molecule has 1 aliphatic heterocycles. The molecule has 13 nitrogen and oxygen atoms in total. The Bertz CT molecular complexity index is 630. The van der Waals surface area contributed by atoms with E-state index in [1.165, 1.54) is 0 Å². The standard InChI is InChI=1S/C19H33N5O8/c20-16(26)2-1-15(14-25)24-9-7-22(12-18(29)30)5-3-21(11-17(27)28)4-6-23(8-10-24)13-19(31)32/h14-15H,1-13H2,(H2,20,26)(H,27,28)(H,29,30)(H,31,32). The summed E-state index contributed by atoms with van der Waals surface area (Å²) in [5.41, 5.74) is 5.20. The molecule has 1 amide bonds. The number of aliphatic carboxylic acids is 3. The zero-order valence-electron chi connectivity index (χ0n) is 18.1. The molecule has 0 aliphatic carbocycles. The Hall–Kier alpha value is -2.61. The number of amides is 1. The van der Waals surface area contributed by atoms with Gasteiger partial charge in [0.05, 0.1) is 25.7 Å². The topological polar surface area (TPSA) is 185 Å². The smallest absolute Gasteiger partial charge is 0.317 e. The molecule has 13 heteroatoms. The van der Waals surface area contributed by atoms with Crippen LogP contribution in [0.5, 0.6) is 0 Å². The Morgan fingerprint density at radius 2 is 1.06 bits per heavy atom. The maximum atomic E-state index is 11.7. The number of primary amides is 1. The van der Waals surface area contributed by atoms with Gasteiger partial charge in [-0.2, -0.15) is 0 Å². The van der Waals surface area contributed by atoms with Crippen molar-refractivity contribution in [1.82, 2.24) is 19.6 Å². The minimum Gasteiger partial charge on any atom is -0.480 e. The van der Waals surface area contributed by atoms with Crippen LogP contribution in [-0.2, 0) is 24.0 Å². The maximum Gasteiger partial charge on any atom is 0.317 e. The summed E-state index contributed by atoms with van der Waals surface area (Å²) >= 11 is 0. The van der Waals surface area contributed by atoms with E-state index in [0.717, 1.165) is 0 Å². The lowest BCUT2D eigenvalue weighted by molar-refractivity contribution is -0.140. The number of carbonyl (C=O) groups excluding carboxylic acids is 2. The van der Waals surface area contributed by atoms with Crippen LogP contribution in [0.1, 0.15) is 12.8 Å². The lowest BCUT2D eigenvalue weighted by Crippen LogP contribution is -2.50. The lowest BCUT2D eigenvalue weighted by atomic mass is 10.1. The first kappa shape index (κ1) is 27.4. The minimum atomic E-state index is -1.03. The fraction of sp³-hybridized carbons (Fsp3) is 0.737. The molecule has 1 aliphatic rings. The van der Waals surface area contributed by atoms with Gasteiger partial charge in [-0.25, -0.2) is 0 Å². The molecule has 1 rings (SSSR count). The predicted octanol–water partition coefficient (Wildman–Crippen LogP) is -2.71. The van der Waals surface area contributed by atoms with Crippen molar-refractivity contribution in [2.45, 2.75) is 18.9 Å². The van der Waals surface area contributed by atoms with Crippen LogP contribution in [-0.4, -0.2) is 143 Å². The van der Waals surface area contributed by atoms with Crippen LogP contribution in [0.4, 0.5) is 0 Å². The minimum absolute atomic E-state index is 0.0156. The van der Waals surface area contributed by atoms with Crippen molar-refractivity contribution in [3.63, 3.8) is 0 Å². The molecule has 1 unspecified atom stereocenters. The van der Waals surface area contributed by atoms with Crippen molar-refractivity contribution in [2.75, 3.05) is 72.0 Å². The molecule has 182 valence electrons. The Labute approximate surface area is 186 Å². The molecule has 1 saturated heterocycles. The molecule has 1 atom stereocenters. The van der Waals surface area contributed by atoms with Crippen molar-refractivity contribution in [1.29, 1.82) is 0 Å². The van der Waals surface area contributed by atoms with E-state index in [1.54, 1.807) is 19.6 Å². The van der Waals surface area contributed by atoms with Crippen LogP contribution in [0.25, 0.3) is 0 Å². The highest BCUT2D eigenvalue weighted by Gasteiger charge is 2.23. The average molecular weight is 460 g/mol. The highest BCUT2D eigenvalue weighted by Crippen LogP contribution is 2.08. The Morgan fingerprint density at radius 3 is 1.34 bits per heavy atom. The summed E-state index contributed by atoms with van der Waals surface area (Å²) in [5, 5.41) is 27.6. The second kappa shape index (κ2) is 14.5. The van der Waals surface area contributed by atoms with Gasteiger partial charge in [0.25, 0.3) is 0 Å². The highest BCUT2D eigenvalue weighted by molar-refractivity contribution is 5.74. The number of rotatable bonds is 11. The van der Waals surface area contributed by atoms with E-state index in [9.17, 15) is 34.2 Å². The van der Waals surface area contributed by atoms with Crippen LogP contribution >= 0.6 is 0 Å². The molecular formula is C19H33N5O8. The molecule has 0 radical (unpaired) electrons. The van der Waals surface area contributed by atoms with Crippen molar-refractivity contribution < 1.29 is 39.3 Å². The van der Waals surface area contributed by atoms with Crippen molar-refractivity contribution >= 4 is 30.1 Å². The van der Waals surface area contributed by atoms with Gasteiger partial charge in [-0.05, 0) is 6.42 Å². The monoisotopic (exact) mass is 459 g/mol. The van der Waals surface area contributed by atoms with E-state index in [-0.39, 0.29) is 32.5 Å². The summed E-state index contributed by atoms with van der Waals surface area (Å²) in [4.78, 5) is 63.3. The van der Waals surface area contributed by atoms with Gasteiger partial charge in [0.1, 0.15) is 6.29 Å². The third kappa shape index (κ3) is 11.7. The van der Waals surface area contributed by atoms with Crippen molar-refractivity contribution in [3.05, 3.63) is 0 Å². The van der Waals surface area contributed by atoms with Crippen LogP contribution in [0.2, 0.25) is 0 Å². The first-order chi connectivity index (χ1) is 15.1. The predicted molar refractivity (Wildman–Crippen MR) is 112 cm³/mol. The first-order valence-electron chi connectivity index (χ1n) is 10.4. The SMILES string of the molecule is NC(=O)CCC(C=O)N1CCN(CC(=O)O)CCN(CC(=O)O)CCN(CC(=O)O)CC1. The summed E-state index contributed by atoms with van der Waals surface area (Å²) in [7, 11) is 0. The van der Waals surface area contributed by atoms with Crippen LogP contribution in [0.15, 0.2) is 0 Å². The van der Waals surface area contributed by atoms with Gasteiger partial charge < -0.3 is 25.8 Å². The number of carboxylic acids is 3. The summed E-state index contributed by atoms with van der Waals surface area (Å²) in [6.07, 6.45) is 0.942. The number of carboxylic acid groups (broad SMARTS) is 3. The summed E-state index contributed by atoms with van der Waals surface area (Å²) in [6.45, 7) is 1.66. The second-order valence-electron chi connectivity index (χ2n) is 7.75. The van der Waals surface area contributed by atoms with E-state index < -0.39 is 29.9 Å². The number of aldehydes is 1. The molecule has 0 aromatic rings. The van der Waals surface area contributed by atoms with E-state index in [2.05, 4.69) is 0 Å². The maximum absolute atomic E-state index is 11.7. The van der Waals surface area contributed by atoms with Gasteiger partial charge in [0.15, 0.2) is 0 Å². The summed E-state index contributed by atoms with van der Waals surface area (Å²) in [5.74, 6) is -3.62. The first-order valence-corrected chi connectivity index (χ1v) is 10.4. The Kier molecular flexibility index (Phi) is 12.4. The second-order valence-corrected chi connectivity index (χ2v) is 7.75. The van der Waals surface area contributed by atoms with Crippen LogP contribution in [0.3, 0.4) is 0 Å². The van der Waals surface area contributed by atoms with E-state index in [0.29, 0.717) is 58.6 Å². The number of hydrogen-bond acceptors (Lipinski definition) is 9. The van der Waals surface area contributed by atoms with E-state index >= 15 is 0 Å². The molecule has 1 fully saturated rings. The van der Waals surface area contributed by atoms with E-state index in [4.69, 9.17) is 10.8 Å². The fourth-order valence-electron chi connectivity index (χ4n) is 3.56. The Morgan fingerprint density at radius 1 is 0.719 bits per heavy atom. The van der Waals surface area contributed by atoms with Gasteiger partial charge in [0, 0.05) is 58.8 Å². The summed E-state index contributed by atoms with van der Waals surface area (Å²) in [6, 6.07) is -0.618. The molecule has 0 aromatic heterocycles. The van der Waals surface area contributed by atoms with Gasteiger partial charge in [-0.3, -0.25) is 38.8 Å². The number of nitrogens with two attached hydrogens (primary N) is 1. The third-order valence-corrected chi connectivity index (χ3v) is 5.26. The molecular weight excluding hydrogens is 426 g/mol. The molecule has 32 heavy (non-hydrogen) atoms. The molecule has 0 bridgehead atoms. The normalized spacial score (nSPS) is 19.4. The Balaban J connectivity index is 3.04. The van der Waals surface area contributed by atoms with Gasteiger partial charge in [-0.1, -0.05) is 0 Å². The molecule has 1 heterocycles. The lowest BCUT2D eigenvalue weighted by Gasteiger charge is -2.35. The molecule has 0 spiro atoms. The summed E-state index contributed by atoms with van der Waals surface area (Å²) < 4.78 is 0. The van der Waals surface area contributed by atoms with Gasteiger partial charge in [-0.15, -0.1) is 0 Å². The number of carbonyl (C=O) groups is 5. The fourth-order valence-corrected chi connectivity index (χ4v) is 3.56.